The zero-order chi connectivity index (χ0) is 39.5. The zero-order valence-electron chi connectivity index (χ0n) is 31.5. The van der Waals surface area contributed by atoms with Crippen molar-refractivity contribution in [3.63, 3.8) is 0 Å². The van der Waals surface area contributed by atoms with Gasteiger partial charge in [0.1, 0.15) is 17.0 Å². The number of aliphatic carboxylic acids is 1. The third kappa shape index (κ3) is 22.5. The molecule has 2 saturated heterocycles. The fourth-order valence-electron chi connectivity index (χ4n) is 5.14. The summed E-state index contributed by atoms with van der Waals surface area (Å²) in [6.45, 7) is 15.7. The molecule has 2 fully saturated rings. The molecule has 4 rings (SSSR count). The van der Waals surface area contributed by atoms with E-state index in [-0.39, 0.29) is 30.3 Å². The smallest absolute Gasteiger partial charge is 0.410 e. The van der Waals surface area contributed by atoms with Gasteiger partial charge in [0.15, 0.2) is 0 Å². The average molecular weight is 970 g/mol. The van der Waals surface area contributed by atoms with Crippen LogP contribution < -0.4 is 5.73 Å². The molecule has 0 bridgehead atoms. The number of rotatable bonds is 6. The highest BCUT2D eigenvalue weighted by atomic mass is 127. The molecular formula is C37H56Br2IN5O7. The number of pyridine rings is 2. The summed E-state index contributed by atoms with van der Waals surface area (Å²) in [5.41, 5.74) is 6.03. The van der Waals surface area contributed by atoms with Crippen LogP contribution in [0.3, 0.4) is 0 Å². The molecule has 15 heteroatoms. The van der Waals surface area contributed by atoms with Gasteiger partial charge in [-0.25, -0.2) is 9.59 Å². The number of nitrogens with zero attached hydrogens (tertiary/aromatic N) is 4. The fraction of sp³-hybridized carbons (Fsp3) is 0.622. The monoisotopic (exact) mass is 967 g/mol. The van der Waals surface area contributed by atoms with Crippen molar-refractivity contribution in [3.8, 4) is 0 Å². The Morgan fingerprint density at radius 1 is 0.788 bits per heavy atom. The number of hydrogen-bond donors (Lipinski definition) is 2. The number of aromatic nitrogens is 2. The molecular weight excluding hydrogens is 913 g/mol. The summed E-state index contributed by atoms with van der Waals surface area (Å²) >= 11 is 8.88. The minimum absolute atomic E-state index is 0.186. The minimum atomic E-state index is -0.763. The summed E-state index contributed by atoms with van der Waals surface area (Å²) in [7, 11) is 0. The maximum Gasteiger partial charge on any atom is 0.410 e. The van der Waals surface area contributed by atoms with Gasteiger partial charge >= 0.3 is 18.2 Å². The topological polar surface area (TPSA) is 165 Å². The summed E-state index contributed by atoms with van der Waals surface area (Å²) in [6.07, 6.45) is 10.5. The standard InChI is InChI=1S/C18H25BrN2O3.C12H21NO4.C5H5BrN2.C2H5I/c1-18(2,3)24-17(23)21-6-4-13(5-7-21)9-16(22)10-14-8-15(19)12-20-11-14;1-12(2,3)17-11(16)13-6-4-9(5-7-13)8-10(14)15;6-4-1-5(7)3-8-2-4;1-2-3/h8,11-13H,4-7,9-10H2,1-3H3;9H,4-8H2,1-3H3,(H,14,15);1-3H,7H2;2H2,1H3. The predicted octanol–water partition coefficient (Wildman–Crippen LogP) is 8.97. The van der Waals surface area contributed by atoms with Crippen LogP contribution in [0.25, 0.3) is 0 Å². The van der Waals surface area contributed by atoms with Crippen molar-refractivity contribution in [2.75, 3.05) is 36.3 Å². The van der Waals surface area contributed by atoms with Crippen LogP contribution in [0.15, 0.2) is 45.9 Å². The molecule has 292 valence electrons. The Labute approximate surface area is 339 Å². The molecule has 2 aliphatic rings. The predicted molar refractivity (Wildman–Crippen MR) is 219 cm³/mol. The van der Waals surface area contributed by atoms with Gasteiger partial charge in [0.25, 0.3) is 0 Å². The molecule has 0 aliphatic carbocycles. The maximum absolute atomic E-state index is 12.2. The fourth-order valence-corrected chi connectivity index (χ4v) is 5.94. The molecule has 0 saturated carbocycles. The van der Waals surface area contributed by atoms with Crippen LogP contribution in [-0.4, -0.2) is 90.6 Å². The first kappa shape index (κ1) is 47.5. The maximum atomic E-state index is 12.2. The number of Topliss-reactive ketones (excluding diaryl/α,β-unsaturated/α-hetero) is 1. The normalized spacial score (nSPS) is 15.0. The molecule has 2 amide bonds. The van der Waals surface area contributed by atoms with Crippen LogP contribution in [0.2, 0.25) is 0 Å². The number of hydrogen-bond acceptors (Lipinski definition) is 9. The van der Waals surface area contributed by atoms with Crippen LogP contribution in [0.5, 0.6) is 0 Å². The number of carbonyl (C=O) groups excluding carboxylic acids is 3. The van der Waals surface area contributed by atoms with Crippen molar-refractivity contribution in [2.45, 2.75) is 105 Å². The molecule has 0 unspecified atom stereocenters. The Bertz CT molecular complexity index is 1390. The van der Waals surface area contributed by atoms with E-state index < -0.39 is 17.2 Å². The van der Waals surface area contributed by atoms with Crippen molar-refractivity contribution < 1.29 is 33.8 Å². The first-order valence-corrected chi connectivity index (χ1v) is 20.5. The van der Waals surface area contributed by atoms with Gasteiger partial charge in [-0.05, 0) is 133 Å². The van der Waals surface area contributed by atoms with Crippen molar-refractivity contribution in [1.29, 1.82) is 0 Å². The first-order chi connectivity index (χ1) is 24.2. The molecule has 2 aromatic heterocycles. The summed E-state index contributed by atoms with van der Waals surface area (Å²) in [5.74, 6) is -0.00572. The molecule has 4 heterocycles. The summed E-state index contributed by atoms with van der Waals surface area (Å²) in [6, 6.07) is 3.73. The highest BCUT2D eigenvalue weighted by molar-refractivity contribution is 14.1. The number of carboxylic acids is 1. The number of halogens is 3. The molecule has 52 heavy (non-hydrogen) atoms. The van der Waals surface area contributed by atoms with E-state index in [1.807, 2.05) is 47.6 Å². The molecule has 0 spiro atoms. The minimum Gasteiger partial charge on any atom is -0.481 e. The van der Waals surface area contributed by atoms with E-state index in [4.69, 9.17) is 20.3 Å². The molecule has 0 radical (unpaired) electrons. The largest absolute Gasteiger partial charge is 0.481 e. The lowest BCUT2D eigenvalue weighted by atomic mass is 9.90. The number of alkyl halides is 1. The second kappa shape index (κ2) is 24.0. The van der Waals surface area contributed by atoms with E-state index >= 15 is 0 Å². The van der Waals surface area contributed by atoms with Crippen LogP contribution in [-0.2, 0) is 25.5 Å². The van der Waals surface area contributed by atoms with Gasteiger partial charge < -0.3 is 30.1 Å². The number of carboxylic acid groups (broad SMARTS) is 1. The Morgan fingerprint density at radius 2 is 1.19 bits per heavy atom. The Kier molecular flexibility index (Phi) is 21.9. The second-order valence-electron chi connectivity index (χ2n) is 14.6. The molecule has 2 aliphatic heterocycles. The number of ether oxygens (including phenoxy) is 2. The Hall–Kier alpha value is -2.53. The van der Waals surface area contributed by atoms with Crippen LogP contribution in [0, 0.1) is 11.8 Å². The molecule has 0 atom stereocenters. The number of amides is 2. The van der Waals surface area contributed by atoms with Crippen molar-refractivity contribution in [2.24, 2.45) is 11.8 Å². The van der Waals surface area contributed by atoms with Crippen molar-refractivity contribution in [3.05, 3.63) is 51.4 Å². The molecule has 3 N–H and O–H groups in total. The lowest BCUT2D eigenvalue weighted by molar-refractivity contribution is -0.138. The summed E-state index contributed by atoms with van der Waals surface area (Å²) in [5, 5.41) is 8.69. The van der Waals surface area contributed by atoms with Gasteiger partial charge in [0.05, 0.1) is 5.69 Å². The number of likely N-dealkylation sites (tertiary alicyclic amines) is 2. The van der Waals surface area contributed by atoms with Gasteiger partial charge in [0, 0.05) is 79.2 Å². The van der Waals surface area contributed by atoms with Gasteiger partial charge in [-0.1, -0.05) is 29.5 Å². The van der Waals surface area contributed by atoms with Crippen molar-refractivity contribution in [1.82, 2.24) is 19.8 Å². The number of ketones is 1. The first-order valence-electron chi connectivity index (χ1n) is 17.4. The van der Waals surface area contributed by atoms with E-state index in [9.17, 15) is 19.2 Å². The Morgan fingerprint density at radius 3 is 1.54 bits per heavy atom. The molecule has 2 aromatic rings. The van der Waals surface area contributed by atoms with E-state index in [0.29, 0.717) is 50.6 Å². The third-order valence-corrected chi connectivity index (χ3v) is 8.27. The summed E-state index contributed by atoms with van der Waals surface area (Å²) < 4.78 is 13.7. The number of anilines is 1. The number of nitrogens with two attached hydrogens (primary N) is 1. The SMILES string of the molecule is CC(C)(C)OC(=O)N1CCC(CC(=O)Cc2cncc(Br)c2)CC1.CC(C)(C)OC(=O)N1CCC(CC(=O)O)CC1.CCI.Nc1cncc(Br)c1. The highest BCUT2D eigenvalue weighted by Gasteiger charge is 2.29. The zero-order valence-corrected chi connectivity index (χ0v) is 36.8. The van der Waals surface area contributed by atoms with Gasteiger partial charge in [-0.2, -0.15) is 0 Å². The van der Waals surface area contributed by atoms with E-state index in [2.05, 4.69) is 71.3 Å². The lowest BCUT2D eigenvalue weighted by Crippen LogP contribution is -2.42. The van der Waals surface area contributed by atoms with Gasteiger partial charge in [0.2, 0.25) is 0 Å². The molecule has 12 nitrogen and oxygen atoms in total. The van der Waals surface area contributed by atoms with Crippen molar-refractivity contribution >= 4 is 84.1 Å². The van der Waals surface area contributed by atoms with Crippen LogP contribution >= 0.6 is 54.5 Å². The average Bonchev–Trinajstić information content (AvgIpc) is 3.01. The van der Waals surface area contributed by atoms with Gasteiger partial charge in [-0.3, -0.25) is 19.6 Å². The van der Waals surface area contributed by atoms with E-state index in [1.165, 1.54) is 4.43 Å². The van der Waals surface area contributed by atoms with Crippen LogP contribution in [0.4, 0.5) is 15.3 Å². The number of piperidine rings is 2. The van der Waals surface area contributed by atoms with E-state index in [1.54, 1.807) is 40.7 Å². The summed E-state index contributed by atoms with van der Waals surface area (Å²) in [4.78, 5) is 57.9. The molecule has 0 aromatic carbocycles. The third-order valence-electron chi connectivity index (χ3n) is 7.40. The Balaban J connectivity index is 0.000000416. The lowest BCUT2D eigenvalue weighted by Gasteiger charge is -2.33. The van der Waals surface area contributed by atoms with Crippen LogP contribution in [0.1, 0.15) is 92.6 Å². The van der Waals surface area contributed by atoms with Gasteiger partial charge in [-0.15, -0.1) is 0 Å². The van der Waals surface area contributed by atoms with E-state index in [0.717, 1.165) is 40.2 Å². The number of carbonyl (C=O) groups is 4. The quantitative estimate of drug-likeness (QED) is 0.211. The highest BCUT2D eigenvalue weighted by Crippen LogP contribution is 2.24. The number of nitrogen functional groups attached to an aromatic ring is 1. The second-order valence-corrected chi connectivity index (χ2v) is 17.9.